The Morgan fingerprint density at radius 1 is 1.44 bits per heavy atom. The molecule has 0 aliphatic carbocycles. The van der Waals surface area contributed by atoms with E-state index in [9.17, 15) is 4.79 Å². The van der Waals surface area contributed by atoms with Crippen LogP contribution in [0.25, 0.3) is 0 Å². The first-order valence-electron chi connectivity index (χ1n) is 7.10. The molecule has 1 aliphatic rings. The number of hydrogen-bond donors (Lipinski definition) is 2. The van der Waals surface area contributed by atoms with Gasteiger partial charge in [0.25, 0.3) is 0 Å². The minimum atomic E-state index is -0.0119. The average Bonchev–Trinajstić information content (AvgIpc) is 2.27. The molecule has 3 unspecified atom stereocenters. The van der Waals surface area contributed by atoms with E-state index in [1.165, 1.54) is 6.42 Å². The third-order valence-electron chi connectivity index (χ3n) is 3.75. The molecule has 1 rings (SSSR count). The van der Waals surface area contributed by atoms with Crippen molar-refractivity contribution < 1.29 is 4.79 Å². The molecule has 1 amide bonds. The van der Waals surface area contributed by atoms with Crippen LogP contribution in [-0.2, 0) is 4.79 Å². The summed E-state index contributed by atoms with van der Waals surface area (Å²) in [7, 11) is 4.09. The normalized spacial score (nSPS) is 26.4. The summed E-state index contributed by atoms with van der Waals surface area (Å²) in [4.78, 5) is 14.4. The second kappa shape index (κ2) is 7.10. The molecule has 106 valence electrons. The molecule has 0 aromatic rings. The first-order chi connectivity index (χ1) is 8.41. The standard InChI is InChI=1S/C14H29N3O/c1-10(2)12(9-17(4)5)16-14(18)13-11(3)7-6-8-15-13/h10-13,15H,6-9H2,1-5H3,(H,16,18). The van der Waals surface area contributed by atoms with Crippen molar-refractivity contribution in [3.05, 3.63) is 0 Å². The highest BCUT2D eigenvalue weighted by Crippen LogP contribution is 2.16. The second-order valence-corrected chi connectivity index (χ2v) is 6.17. The molecule has 4 heteroatoms. The molecule has 0 spiro atoms. The molecule has 1 saturated heterocycles. The zero-order chi connectivity index (χ0) is 13.7. The number of likely N-dealkylation sites (N-methyl/N-ethyl adjacent to an activating group) is 1. The molecule has 2 N–H and O–H groups in total. The van der Waals surface area contributed by atoms with E-state index in [-0.39, 0.29) is 18.0 Å². The van der Waals surface area contributed by atoms with Gasteiger partial charge in [0.2, 0.25) is 5.91 Å². The summed E-state index contributed by atoms with van der Waals surface area (Å²) in [5.74, 6) is 1.06. The Bertz CT molecular complexity index is 266. The highest BCUT2D eigenvalue weighted by atomic mass is 16.2. The van der Waals surface area contributed by atoms with Crippen LogP contribution < -0.4 is 10.6 Å². The van der Waals surface area contributed by atoms with E-state index in [0.29, 0.717) is 11.8 Å². The van der Waals surface area contributed by atoms with E-state index < -0.39 is 0 Å². The average molecular weight is 255 g/mol. The molecule has 1 heterocycles. The van der Waals surface area contributed by atoms with Crippen LogP contribution in [0.3, 0.4) is 0 Å². The lowest BCUT2D eigenvalue weighted by atomic mass is 9.91. The van der Waals surface area contributed by atoms with Crippen LogP contribution in [0, 0.1) is 11.8 Å². The zero-order valence-electron chi connectivity index (χ0n) is 12.5. The Morgan fingerprint density at radius 2 is 2.11 bits per heavy atom. The van der Waals surface area contributed by atoms with Crippen LogP contribution in [0.5, 0.6) is 0 Å². The lowest BCUT2D eigenvalue weighted by molar-refractivity contribution is -0.126. The van der Waals surface area contributed by atoms with Crippen LogP contribution in [-0.4, -0.2) is 50.1 Å². The summed E-state index contributed by atoms with van der Waals surface area (Å²) in [5.41, 5.74) is 0. The van der Waals surface area contributed by atoms with Crippen molar-refractivity contribution >= 4 is 5.91 Å². The van der Waals surface area contributed by atoms with Gasteiger partial charge in [-0.15, -0.1) is 0 Å². The van der Waals surface area contributed by atoms with E-state index >= 15 is 0 Å². The maximum absolute atomic E-state index is 12.3. The summed E-state index contributed by atoms with van der Waals surface area (Å²) in [5, 5.41) is 6.55. The molecule has 0 bridgehead atoms. The van der Waals surface area contributed by atoms with Gasteiger partial charge in [-0.1, -0.05) is 20.8 Å². The molecule has 0 saturated carbocycles. The molecule has 0 aromatic carbocycles. The van der Waals surface area contributed by atoms with Crippen LogP contribution in [0.2, 0.25) is 0 Å². The molecular formula is C14H29N3O. The van der Waals surface area contributed by atoms with Gasteiger partial charge in [0.15, 0.2) is 0 Å². The Labute approximate surface area is 111 Å². The monoisotopic (exact) mass is 255 g/mol. The molecule has 3 atom stereocenters. The Morgan fingerprint density at radius 3 is 2.61 bits per heavy atom. The molecule has 18 heavy (non-hydrogen) atoms. The van der Waals surface area contributed by atoms with Gasteiger partial charge in [-0.25, -0.2) is 0 Å². The first kappa shape index (κ1) is 15.4. The molecule has 4 nitrogen and oxygen atoms in total. The molecular weight excluding hydrogens is 226 g/mol. The second-order valence-electron chi connectivity index (χ2n) is 6.17. The van der Waals surface area contributed by atoms with Crippen molar-refractivity contribution in [2.45, 2.75) is 45.7 Å². The Hall–Kier alpha value is -0.610. The number of amides is 1. The van der Waals surface area contributed by atoms with Gasteiger partial charge in [-0.05, 0) is 45.3 Å². The number of nitrogens with zero attached hydrogens (tertiary/aromatic N) is 1. The minimum absolute atomic E-state index is 0.0119. The third-order valence-corrected chi connectivity index (χ3v) is 3.75. The number of carbonyl (C=O) groups is 1. The molecule has 1 aliphatic heterocycles. The SMILES string of the molecule is CC(C)C(CN(C)C)NC(=O)C1NCCCC1C. The molecule has 0 radical (unpaired) electrons. The van der Waals surface area contributed by atoms with E-state index in [4.69, 9.17) is 0 Å². The quantitative estimate of drug-likeness (QED) is 0.772. The lowest BCUT2D eigenvalue weighted by Crippen LogP contribution is -2.55. The van der Waals surface area contributed by atoms with Crippen molar-refractivity contribution in [2.24, 2.45) is 11.8 Å². The Kier molecular flexibility index (Phi) is 6.09. The number of hydrogen-bond acceptors (Lipinski definition) is 3. The number of rotatable bonds is 5. The zero-order valence-corrected chi connectivity index (χ0v) is 12.5. The van der Waals surface area contributed by atoms with Crippen molar-refractivity contribution in [1.29, 1.82) is 0 Å². The molecule has 0 aromatic heterocycles. The number of piperidine rings is 1. The highest BCUT2D eigenvalue weighted by Gasteiger charge is 2.29. The fraction of sp³-hybridized carbons (Fsp3) is 0.929. The van der Waals surface area contributed by atoms with Crippen LogP contribution in [0.4, 0.5) is 0 Å². The van der Waals surface area contributed by atoms with Crippen molar-refractivity contribution in [3.8, 4) is 0 Å². The van der Waals surface area contributed by atoms with Gasteiger partial charge in [-0.3, -0.25) is 4.79 Å². The topological polar surface area (TPSA) is 44.4 Å². The fourth-order valence-electron chi connectivity index (χ4n) is 2.49. The van der Waals surface area contributed by atoms with Gasteiger partial charge in [0.05, 0.1) is 6.04 Å². The van der Waals surface area contributed by atoms with Crippen LogP contribution in [0.1, 0.15) is 33.6 Å². The Balaban J connectivity index is 2.54. The fourth-order valence-corrected chi connectivity index (χ4v) is 2.49. The number of nitrogens with one attached hydrogen (secondary N) is 2. The summed E-state index contributed by atoms with van der Waals surface area (Å²) in [6, 6.07) is 0.214. The van der Waals surface area contributed by atoms with Crippen LogP contribution >= 0.6 is 0 Å². The summed E-state index contributed by atoms with van der Waals surface area (Å²) >= 11 is 0. The van der Waals surface area contributed by atoms with Gasteiger partial charge in [0, 0.05) is 12.6 Å². The summed E-state index contributed by atoms with van der Waals surface area (Å²) in [6.07, 6.45) is 2.32. The number of carbonyl (C=O) groups excluding carboxylic acids is 1. The third kappa shape index (κ3) is 4.58. The van der Waals surface area contributed by atoms with Crippen molar-refractivity contribution in [2.75, 3.05) is 27.2 Å². The maximum Gasteiger partial charge on any atom is 0.237 e. The highest BCUT2D eigenvalue weighted by molar-refractivity contribution is 5.82. The molecule has 1 fully saturated rings. The minimum Gasteiger partial charge on any atom is -0.350 e. The van der Waals surface area contributed by atoms with E-state index in [0.717, 1.165) is 19.5 Å². The largest absolute Gasteiger partial charge is 0.350 e. The predicted octanol–water partition coefficient (Wildman–Crippen LogP) is 1.08. The maximum atomic E-state index is 12.3. The van der Waals surface area contributed by atoms with Crippen molar-refractivity contribution in [3.63, 3.8) is 0 Å². The van der Waals surface area contributed by atoms with Gasteiger partial charge in [0.1, 0.15) is 0 Å². The first-order valence-corrected chi connectivity index (χ1v) is 7.10. The van der Waals surface area contributed by atoms with Crippen molar-refractivity contribution in [1.82, 2.24) is 15.5 Å². The van der Waals surface area contributed by atoms with E-state index in [2.05, 4.69) is 36.3 Å². The van der Waals surface area contributed by atoms with Gasteiger partial charge < -0.3 is 15.5 Å². The van der Waals surface area contributed by atoms with E-state index in [1.54, 1.807) is 0 Å². The summed E-state index contributed by atoms with van der Waals surface area (Å²) < 4.78 is 0. The van der Waals surface area contributed by atoms with Crippen LogP contribution in [0.15, 0.2) is 0 Å². The smallest absolute Gasteiger partial charge is 0.237 e. The van der Waals surface area contributed by atoms with Gasteiger partial charge in [-0.2, -0.15) is 0 Å². The van der Waals surface area contributed by atoms with E-state index in [1.807, 2.05) is 14.1 Å². The summed E-state index contributed by atoms with van der Waals surface area (Å²) in [6.45, 7) is 8.33. The predicted molar refractivity (Wildman–Crippen MR) is 75.5 cm³/mol. The van der Waals surface area contributed by atoms with Gasteiger partial charge >= 0.3 is 0 Å². The lowest BCUT2D eigenvalue weighted by Gasteiger charge is -2.32.